The van der Waals surface area contributed by atoms with Gasteiger partial charge >= 0.3 is 5.97 Å². The van der Waals surface area contributed by atoms with E-state index in [2.05, 4.69) is 0 Å². The van der Waals surface area contributed by atoms with Crippen molar-refractivity contribution in [2.75, 3.05) is 6.61 Å². The van der Waals surface area contributed by atoms with Crippen LogP contribution < -0.4 is 4.74 Å². The quantitative estimate of drug-likeness (QED) is 0.487. The molecule has 0 aromatic heterocycles. The first kappa shape index (κ1) is 15.1. The third-order valence-electron chi connectivity index (χ3n) is 2.82. The topological polar surface area (TPSA) is 52.6 Å². The number of halogens is 1. The summed E-state index contributed by atoms with van der Waals surface area (Å²) in [5, 5.41) is 0.327. The van der Waals surface area contributed by atoms with Crippen LogP contribution in [0.5, 0.6) is 5.75 Å². The fourth-order valence-corrected chi connectivity index (χ4v) is 2.01. The predicted octanol–water partition coefficient (Wildman–Crippen LogP) is 3.11. The molecule has 21 heavy (non-hydrogen) atoms. The van der Waals surface area contributed by atoms with Gasteiger partial charge in [0, 0.05) is 0 Å². The third kappa shape index (κ3) is 3.63. The summed E-state index contributed by atoms with van der Waals surface area (Å²) in [6.45, 7) is 2.30. The zero-order chi connectivity index (χ0) is 15.2. The average Bonchev–Trinajstić information content (AvgIpc) is 2.49. The first-order chi connectivity index (χ1) is 10.2. The minimum atomic E-state index is -0.817. The summed E-state index contributed by atoms with van der Waals surface area (Å²) in [6.07, 6.45) is 4.66. The molecular weight excluding hydrogens is 292 g/mol. The molecule has 0 N–H and O–H groups in total. The molecule has 1 aromatic rings. The van der Waals surface area contributed by atoms with Crippen molar-refractivity contribution in [2.45, 2.75) is 6.92 Å². The number of esters is 1. The van der Waals surface area contributed by atoms with Gasteiger partial charge in [0.15, 0.2) is 0 Å². The van der Waals surface area contributed by atoms with Gasteiger partial charge in [0.05, 0.1) is 17.2 Å². The van der Waals surface area contributed by atoms with Gasteiger partial charge in [-0.05, 0) is 31.2 Å². The first-order valence-electron chi connectivity index (χ1n) is 6.39. The fraction of sp³-hybridized carbons (Fsp3) is 0.188. The maximum Gasteiger partial charge on any atom is 0.323 e. The number of para-hydroxylation sites is 1. The maximum atomic E-state index is 12.2. The molecule has 0 fully saturated rings. The monoisotopic (exact) mass is 304 g/mol. The minimum Gasteiger partial charge on any atom is -0.494 e. The molecule has 1 aliphatic carbocycles. The second kappa shape index (κ2) is 6.93. The highest BCUT2D eigenvalue weighted by Gasteiger charge is 2.26. The Balaban J connectivity index is 2.16. The molecule has 0 spiro atoms. The maximum absolute atomic E-state index is 12.2. The van der Waals surface area contributed by atoms with Gasteiger partial charge in [0.2, 0.25) is 0 Å². The van der Waals surface area contributed by atoms with Crippen LogP contribution >= 0.6 is 11.6 Å². The number of ether oxygens (including phenoxy) is 2. The van der Waals surface area contributed by atoms with Crippen molar-refractivity contribution in [3.63, 3.8) is 0 Å². The molecule has 1 aromatic carbocycles. The second-order valence-corrected chi connectivity index (χ2v) is 4.63. The number of carbonyl (C=O) groups excluding carboxylic acids is 2. The average molecular weight is 305 g/mol. The van der Waals surface area contributed by atoms with Crippen molar-refractivity contribution in [3.05, 3.63) is 58.8 Å². The second-order valence-electron chi connectivity index (χ2n) is 4.23. The summed E-state index contributed by atoms with van der Waals surface area (Å²) in [5.41, 5.74) is 0.165. The zero-order valence-electron chi connectivity index (χ0n) is 11.3. The van der Waals surface area contributed by atoms with Crippen LogP contribution in [0.15, 0.2) is 53.8 Å². The summed E-state index contributed by atoms with van der Waals surface area (Å²) < 4.78 is 10.5. The highest BCUT2D eigenvalue weighted by molar-refractivity contribution is 6.32. The molecule has 2 rings (SSSR count). The van der Waals surface area contributed by atoms with Crippen LogP contribution in [-0.2, 0) is 14.3 Å². The Morgan fingerprint density at radius 3 is 2.81 bits per heavy atom. The van der Waals surface area contributed by atoms with E-state index in [1.165, 1.54) is 6.08 Å². The molecule has 0 bridgehead atoms. The van der Waals surface area contributed by atoms with E-state index in [-0.39, 0.29) is 11.3 Å². The van der Waals surface area contributed by atoms with Crippen LogP contribution in [0, 0.1) is 5.92 Å². The minimum absolute atomic E-state index is 0.165. The number of benzene rings is 1. The van der Waals surface area contributed by atoms with Gasteiger partial charge in [0.1, 0.15) is 23.4 Å². The van der Waals surface area contributed by atoms with Gasteiger partial charge in [-0.1, -0.05) is 29.8 Å². The molecule has 0 amide bonds. The Bertz CT molecular complexity index is 654. The SMILES string of the molecule is CCOC1=CC(=C=O)C(C(=O)Oc2ccccc2Cl)C=C1. The fourth-order valence-electron chi connectivity index (χ4n) is 1.84. The summed E-state index contributed by atoms with van der Waals surface area (Å²) >= 11 is 5.93. The highest BCUT2D eigenvalue weighted by atomic mass is 35.5. The number of hydrogen-bond donors (Lipinski definition) is 0. The lowest BCUT2D eigenvalue weighted by molar-refractivity contribution is -0.136. The Labute approximate surface area is 127 Å². The van der Waals surface area contributed by atoms with E-state index in [9.17, 15) is 9.59 Å². The van der Waals surface area contributed by atoms with E-state index in [0.717, 1.165) is 0 Å². The lowest BCUT2D eigenvalue weighted by Gasteiger charge is -2.16. The largest absolute Gasteiger partial charge is 0.494 e. The number of allylic oxidation sites excluding steroid dienone is 2. The molecule has 0 saturated carbocycles. The van der Waals surface area contributed by atoms with Gasteiger partial charge in [0.25, 0.3) is 0 Å². The van der Waals surface area contributed by atoms with Gasteiger partial charge < -0.3 is 9.47 Å². The Morgan fingerprint density at radius 1 is 1.38 bits per heavy atom. The van der Waals surface area contributed by atoms with Gasteiger partial charge in [-0.2, -0.15) is 0 Å². The molecule has 0 radical (unpaired) electrons. The summed E-state index contributed by atoms with van der Waals surface area (Å²) in [7, 11) is 0. The molecule has 1 unspecified atom stereocenters. The van der Waals surface area contributed by atoms with E-state index in [0.29, 0.717) is 17.4 Å². The van der Waals surface area contributed by atoms with Gasteiger partial charge in [-0.3, -0.25) is 4.79 Å². The molecule has 0 saturated heterocycles. The lowest BCUT2D eigenvalue weighted by atomic mass is 9.95. The van der Waals surface area contributed by atoms with Crippen molar-refractivity contribution < 1.29 is 19.1 Å². The molecule has 5 heteroatoms. The third-order valence-corrected chi connectivity index (χ3v) is 3.13. The van der Waals surface area contributed by atoms with Crippen LogP contribution in [0.4, 0.5) is 0 Å². The highest BCUT2D eigenvalue weighted by Crippen LogP contribution is 2.27. The predicted molar refractivity (Wildman–Crippen MR) is 78.6 cm³/mol. The van der Waals surface area contributed by atoms with Crippen molar-refractivity contribution in [1.82, 2.24) is 0 Å². The van der Waals surface area contributed by atoms with E-state index in [4.69, 9.17) is 21.1 Å². The molecule has 0 aliphatic heterocycles. The Hall–Kier alpha value is -2.29. The van der Waals surface area contributed by atoms with Gasteiger partial charge in [-0.15, -0.1) is 0 Å². The lowest BCUT2D eigenvalue weighted by Crippen LogP contribution is -2.22. The van der Waals surface area contributed by atoms with Crippen LogP contribution in [0.25, 0.3) is 0 Å². The van der Waals surface area contributed by atoms with Crippen molar-refractivity contribution >= 4 is 23.5 Å². The summed E-state index contributed by atoms with van der Waals surface area (Å²) in [4.78, 5) is 23.2. The van der Waals surface area contributed by atoms with E-state index >= 15 is 0 Å². The van der Waals surface area contributed by atoms with E-state index in [1.54, 1.807) is 42.4 Å². The van der Waals surface area contributed by atoms with Crippen LogP contribution in [0.1, 0.15) is 6.92 Å². The molecule has 1 aliphatic rings. The normalized spacial score (nSPS) is 17.0. The molecular formula is C16H13ClO4. The van der Waals surface area contributed by atoms with E-state index in [1.807, 2.05) is 6.92 Å². The molecule has 0 heterocycles. The molecule has 1 atom stereocenters. The molecule has 108 valence electrons. The van der Waals surface area contributed by atoms with Gasteiger partial charge in [-0.25, -0.2) is 4.79 Å². The van der Waals surface area contributed by atoms with Crippen molar-refractivity contribution in [1.29, 1.82) is 0 Å². The summed E-state index contributed by atoms with van der Waals surface area (Å²) in [5.74, 6) is 1.10. The zero-order valence-corrected chi connectivity index (χ0v) is 12.1. The Kier molecular flexibility index (Phi) is 4.99. The van der Waals surface area contributed by atoms with Crippen LogP contribution in [0.3, 0.4) is 0 Å². The number of hydrogen-bond acceptors (Lipinski definition) is 4. The van der Waals surface area contributed by atoms with Crippen molar-refractivity contribution in [2.24, 2.45) is 5.92 Å². The standard InChI is InChI=1S/C16H13ClO4/c1-2-20-12-7-8-13(11(9-12)10-18)16(19)21-15-6-4-3-5-14(15)17/h3-9,13H,2H2,1H3. The number of carbonyl (C=O) groups is 1. The van der Waals surface area contributed by atoms with Crippen LogP contribution in [-0.4, -0.2) is 18.5 Å². The van der Waals surface area contributed by atoms with E-state index < -0.39 is 11.9 Å². The molecule has 4 nitrogen and oxygen atoms in total. The number of rotatable bonds is 4. The van der Waals surface area contributed by atoms with Crippen molar-refractivity contribution in [3.8, 4) is 5.75 Å². The smallest absolute Gasteiger partial charge is 0.323 e. The van der Waals surface area contributed by atoms with Crippen LogP contribution in [0.2, 0.25) is 5.02 Å². The first-order valence-corrected chi connectivity index (χ1v) is 6.77. The Morgan fingerprint density at radius 2 is 2.14 bits per heavy atom. The summed E-state index contributed by atoms with van der Waals surface area (Å²) in [6, 6.07) is 6.63.